The van der Waals surface area contributed by atoms with Gasteiger partial charge < -0.3 is 19.1 Å². The summed E-state index contributed by atoms with van der Waals surface area (Å²) >= 11 is 0. The summed E-state index contributed by atoms with van der Waals surface area (Å²) in [6.07, 6.45) is -0.684. The Bertz CT molecular complexity index is 871. The summed E-state index contributed by atoms with van der Waals surface area (Å²) in [6, 6.07) is 14.4. The first kappa shape index (κ1) is 17.0. The number of carbonyl (C=O) groups is 1. The van der Waals surface area contributed by atoms with Gasteiger partial charge in [-0.15, -0.1) is 0 Å². The highest BCUT2D eigenvalue weighted by Gasteiger charge is 2.12. The lowest BCUT2D eigenvalue weighted by molar-refractivity contribution is 0.0600. The summed E-state index contributed by atoms with van der Waals surface area (Å²) in [5.41, 5.74) is 2.35. The number of hydrogen-bond acceptors (Lipinski definition) is 5. The zero-order valence-electron chi connectivity index (χ0n) is 14.2. The fraction of sp³-hybridized carbons (Fsp3) is 0.263. The van der Waals surface area contributed by atoms with Crippen LogP contribution in [0.2, 0.25) is 0 Å². The topological polar surface area (TPSA) is 73.6 Å². The van der Waals surface area contributed by atoms with E-state index in [1.807, 2.05) is 35.8 Å². The number of aliphatic hydroxyl groups excluding tert-OH is 1. The van der Waals surface area contributed by atoms with Gasteiger partial charge in [-0.25, -0.2) is 9.78 Å². The first-order valence-corrected chi connectivity index (χ1v) is 7.99. The van der Waals surface area contributed by atoms with Crippen molar-refractivity contribution in [2.75, 3.05) is 13.7 Å². The van der Waals surface area contributed by atoms with E-state index in [-0.39, 0.29) is 6.61 Å². The van der Waals surface area contributed by atoms with Gasteiger partial charge in [0, 0.05) is 0 Å². The number of methoxy groups -OCH3 is 1. The van der Waals surface area contributed by atoms with Crippen molar-refractivity contribution >= 4 is 17.0 Å². The maximum Gasteiger partial charge on any atom is 0.337 e. The smallest absolute Gasteiger partial charge is 0.337 e. The van der Waals surface area contributed by atoms with Gasteiger partial charge >= 0.3 is 5.97 Å². The second kappa shape index (κ2) is 7.36. The molecule has 1 N–H and O–H groups in total. The molecule has 0 aliphatic heterocycles. The number of aromatic nitrogens is 2. The molecular weight excluding hydrogens is 320 g/mol. The third-order valence-corrected chi connectivity index (χ3v) is 3.96. The van der Waals surface area contributed by atoms with E-state index in [0.717, 1.165) is 16.9 Å². The quantitative estimate of drug-likeness (QED) is 0.698. The molecule has 6 nitrogen and oxygen atoms in total. The van der Waals surface area contributed by atoms with Gasteiger partial charge in [0.25, 0.3) is 0 Å². The molecule has 3 rings (SSSR count). The second-order valence-electron chi connectivity index (χ2n) is 5.74. The van der Waals surface area contributed by atoms with Gasteiger partial charge in [-0.1, -0.05) is 12.1 Å². The number of hydrogen-bond donors (Lipinski definition) is 1. The molecule has 3 aromatic rings. The van der Waals surface area contributed by atoms with E-state index in [4.69, 9.17) is 4.74 Å². The molecule has 1 heterocycles. The molecule has 2 aromatic carbocycles. The summed E-state index contributed by atoms with van der Waals surface area (Å²) in [6.45, 7) is 2.45. The number of carbonyl (C=O) groups excluding carboxylic acids is 1. The number of aryl methyl sites for hydroxylation is 1. The number of nitrogens with zero attached hydrogens (tertiary/aromatic N) is 2. The van der Waals surface area contributed by atoms with Crippen molar-refractivity contribution in [3.63, 3.8) is 0 Å². The molecule has 0 bridgehead atoms. The van der Waals surface area contributed by atoms with Gasteiger partial charge in [0.05, 0.1) is 30.3 Å². The van der Waals surface area contributed by atoms with Crippen molar-refractivity contribution in [2.24, 2.45) is 0 Å². The van der Waals surface area contributed by atoms with Crippen LogP contribution in [-0.2, 0) is 11.3 Å². The van der Waals surface area contributed by atoms with E-state index in [0.29, 0.717) is 17.9 Å². The van der Waals surface area contributed by atoms with Crippen LogP contribution in [0.4, 0.5) is 0 Å². The molecule has 0 aliphatic carbocycles. The van der Waals surface area contributed by atoms with E-state index < -0.39 is 12.1 Å². The molecule has 1 aromatic heterocycles. The first-order chi connectivity index (χ1) is 12.1. The summed E-state index contributed by atoms with van der Waals surface area (Å²) in [5.74, 6) is 1.04. The standard InChI is InChI=1S/C19H20N2O4/c1-13-20-17-5-3-4-6-18(17)21(13)11-15(22)12-25-16-9-7-14(8-10-16)19(23)24-2/h3-10,15,22H,11-12H2,1-2H3. The molecule has 0 amide bonds. The first-order valence-electron chi connectivity index (χ1n) is 7.99. The number of fused-ring (bicyclic) bond motifs is 1. The molecule has 6 heteroatoms. The molecule has 130 valence electrons. The molecule has 0 fully saturated rings. The molecule has 0 radical (unpaired) electrons. The highest BCUT2D eigenvalue weighted by molar-refractivity contribution is 5.89. The van der Waals surface area contributed by atoms with Crippen molar-refractivity contribution in [3.05, 3.63) is 59.9 Å². The minimum absolute atomic E-state index is 0.142. The molecule has 1 unspecified atom stereocenters. The summed E-state index contributed by atoms with van der Waals surface area (Å²) < 4.78 is 12.2. The lowest BCUT2D eigenvalue weighted by atomic mass is 10.2. The Balaban J connectivity index is 1.62. The van der Waals surface area contributed by atoms with Crippen LogP contribution >= 0.6 is 0 Å². The number of benzene rings is 2. The van der Waals surface area contributed by atoms with Gasteiger partial charge in [0.2, 0.25) is 0 Å². The number of esters is 1. The van der Waals surface area contributed by atoms with Crippen molar-refractivity contribution in [3.8, 4) is 5.75 Å². The van der Waals surface area contributed by atoms with Crippen molar-refractivity contribution in [1.82, 2.24) is 9.55 Å². The Morgan fingerprint density at radius 1 is 1.20 bits per heavy atom. The van der Waals surface area contributed by atoms with Crippen LogP contribution in [0.15, 0.2) is 48.5 Å². The molecule has 0 spiro atoms. The largest absolute Gasteiger partial charge is 0.491 e. The number of imidazole rings is 1. The predicted octanol–water partition coefficient (Wildman–Crippen LogP) is 2.57. The van der Waals surface area contributed by atoms with Gasteiger partial charge in [0.15, 0.2) is 0 Å². The Morgan fingerprint density at radius 3 is 2.64 bits per heavy atom. The third kappa shape index (κ3) is 3.80. The van der Waals surface area contributed by atoms with Crippen molar-refractivity contribution in [1.29, 1.82) is 0 Å². The molecule has 0 saturated heterocycles. The average molecular weight is 340 g/mol. The van der Waals surface area contributed by atoms with Gasteiger partial charge in [-0.2, -0.15) is 0 Å². The minimum atomic E-state index is -0.684. The number of rotatable bonds is 6. The minimum Gasteiger partial charge on any atom is -0.491 e. The average Bonchev–Trinajstić information content (AvgIpc) is 2.95. The van der Waals surface area contributed by atoms with Crippen LogP contribution < -0.4 is 4.74 Å². The third-order valence-electron chi connectivity index (χ3n) is 3.96. The van der Waals surface area contributed by atoms with E-state index in [9.17, 15) is 9.90 Å². The zero-order chi connectivity index (χ0) is 17.8. The van der Waals surface area contributed by atoms with Crippen LogP contribution in [0.25, 0.3) is 11.0 Å². The van der Waals surface area contributed by atoms with Crippen molar-refractivity contribution in [2.45, 2.75) is 19.6 Å². The maximum atomic E-state index is 11.4. The fourth-order valence-corrected chi connectivity index (χ4v) is 2.69. The maximum absolute atomic E-state index is 11.4. The van der Waals surface area contributed by atoms with Crippen LogP contribution in [0.5, 0.6) is 5.75 Å². The van der Waals surface area contributed by atoms with Crippen LogP contribution in [0.3, 0.4) is 0 Å². The van der Waals surface area contributed by atoms with Crippen molar-refractivity contribution < 1.29 is 19.4 Å². The number of para-hydroxylation sites is 2. The monoisotopic (exact) mass is 340 g/mol. The molecular formula is C19H20N2O4. The molecule has 0 aliphatic rings. The second-order valence-corrected chi connectivity index (χ2v) is 5.74. The van der Waals surface area contributed by atoms with E-state index in [1.165, 1.54) is 7.11 Å². The van der Waals surface area contributed by atoms with Crippen LogP contribution in [-0.4, -0.2) is 40.4 Å². The number of ether oxygens (including phenoxy) is 2. The predicted molar refractivity (Wildman–Crippen MR) is 93.8 cm³/mol. The van der Waals surface area contributed by atoms with Crippen LogP contribution in [0, 0.1) is 6.92 Å². The Kier molecular flexibility index (Phi) is 5.00. The molecule has 0 saturated carbocycles. The lowest BCUT2D eigenvalue weighted by Gasteiger charge is -2.15. The zero-order valence-corrected chi connectivity index (χ0v) is 14.2. The number of aliphatic hydroxyl groups is 1. The SMILES string of the molecule is COC(=O)c1ccc(OCC(O)Cn2c(C)nc3ccccc32)cc1. The van der Waals surface area contributed by atoms with E-state index in [1.54, 1.807) is 24.3 Å². The molecule has 25 heavy (non-hydrogen) atoms. The lowest BCUT2D eigenvalue weighted by Crippen LogP contribution is -2.24. The van der Waals surface area contributed by atoms with E-state index in [2.05, 4.69) is 9.72 Å². The normalized spacial score (nSPS) is 12.1. The Hall–Kier alpha value is -2.86. The Labute approximate surface area is 145 Å². The highest BCUT2D eigenvalue weighted by atomic mass is 16.5. The van der Waals surface area contributed by atoms with Gasteiger partial charge in [-0.3, -0.25) is 0 Å². The fourth-order valence-electron chi connectivity index (χ4n) is 2.69. The van der Waals surface area contributed by atoms with Crippen LogP contribution in [0.1, 0.15) is 16.2 Å². The summed E-state index contributed by atoms with van der Waals surface area (Å²) in [4.78, 5) is 15.9. The van der Waals surface area contributed by atoms with Gasteiger partial charge in [-0.05, 0) is 43.3 Å². The summed E-state index contributed by atoms with van der Waals surface area (Å²) in [5, 5.41) is 10.3. The van der Waals surface area contributed by atoms with Gasteiger partial charge in [0.1, 0.15) is 24.3 Å². The van der Waals surface area contributed by atoms with E-state index >= 15 is 0 Å². The Morgan fingerprint density at radius 2 is 1.92 bits per heavy atom. The highest BCUT2D eigenvalue weighted by Crippen LogP contribution is 2.17. The molecule has 1 atom stereocenters. The summed E-state index contributed by atoms with van der Waals surface area (Å²) in [7, 11) is 1.34.